The molecule has 16 heavy (non-hydrogen) atoms. The molecule has 0 aromatic rings. The predicted octanol–water partition coefficient (Wildman–Crippen LogP) is 3.35. The molecular weight excluding hydrogens is 198 g/mol. The zero-order valence-corrected chi connectivity index (χ0v) is 11.5. The first-order valence-electron chi connectivity index (χ1n) is 6.68. The Labute approximate surface area is 101 Å². The largest absolute Gasteiger partial charge is 0.385 e. The molecule has 2 N–H and O–H groups in total. The van der Waals surface area contributed by atoms with Crippen LogP contribution in [0.1, 0.15) is 59.3 Å². The quantitative estimate of drug-likeness (QED) is 0.748. The van der Waals surface area contributed by atoms with Crippen molar-refractivity contribution in [2.45, 2.75) is 64.8 Å². The molecule has 1 rings (SSSR count). The molecule has 0 saturated heterocycles. The fourth-order valence-corrected chi connectivity index (χ4v) is 3.40. The Hall–Kier alpha value is -0.0800. The van der Waals surface area contributed by atoms with Crippen LogP contribution in [0.2, 0.25) is 0 Å². The van der Waals surface area contributed by atoms with E-state index in [2.05, 4.69) is 20.8 Å². The summed E-state index contributed by atoms with van der Waals surface area (Å²) in [5.74, 6) is 0.658. The first-order valence-corrected chi connectivity index (χ1v) is 6.68. The fraction of sp³-hybridized carbons (Fsp3) is 1.00. The number of ether oxygens (including phenoxy) is 1. The van der Waals surface area contributed by atoms with E-state index in [0.29, 0.717) is 11.3 Å². The van der Waals surface area contributed by atoms with Gasteiger partial charge in [0.15, 0.2) is 0 Å². The Kier molecular flexibility index (Phi) is 4.81. The van der Waals surface area contributed by atoms with Crippen LogP contribution in [0, 0.1) is 11.3 Å². The fourth-order valence-electron chi connectivity index (χ4n) is 3.40. The summed E-state index contributed by atoms with van der Waals surface area (Å²) in [6.07, 6.45) is 7.36. The standard InChI is InChI=1S/C14H29NO/c1-13(2,3)12-8-5-6-9-14(12,15)10-7-11-16-4/h12H,5-11,15H2,1-4H3. The first-order chi connectivity index (χ1) is 7.40. The zero-order valence-electron chi connectivity index (χ0n) is 11.5. The van der Waals surface area contributed by atoms with Gasteiger partial charge in [0.25, 0.3) is 0 Å². The average Bonchev–Trinajstić information content (AvgIpc) is 2.16. The molecule has 1 fully saturated rings. The molecule has 1 aliphatic rings. The van der Waals surface area contributed by atoms with Crippen LogP contribution in [-0.4, -0.2) is 19.3 Å². The minimum absolute atomic E-state index is 0.0506. The van der Waals surface area contributed by atoms with Crippen LogP contribution >= 0.6 is 0 Å². The van der Waals surface area contributed by atoms with Gasteiger partial charge in [0, 0.05) is 19.3 Å². The van der Waals surface area contributed by atoms with E-state index < -0.39 is 0 Å². The molecule has 96 valence electrons. The van der Waals surface area contributed by atoms with E-state index in [1.807, 2.05) is 0 Å². The molecule has 2 atom stereocenters. The van der Waals surface area contributed by atoms with E-state index >= 15 is 0 Å². The van der Waals surface area contributed by atoms with Crippen LogP contribution in [0.5, 0.6) is 0 Å². The Morgan fingerprint density at radius 2 is 2.00 bits per heavy atom. The molecule has 0 bridgehead atoms. The summed E-state index contributed by atoms with van der Waals surface area (Å²) in [4.78, 5) is 0. The van der Waals surface area contributed by atoms with Crippen molar-refractivity contribution in [3.05, 3.63) is 0 Å². The molecule has 0 aromatic carbocycles. The normalized spacial score (nSPS) is 31.7. The monoisotopic (exact) mass is 227 g/mol. The van der Waals surface area contributed by atoms with Gasteiger partial charge in [-0.15, -0.1) is 0 Å². The predicted molar refractivity (Wildman–Crippen MR) is 69.4 cm³/mol. The van der Waals surface area contributed by atoms with Crippen molar-refractivity contribution in [3.63, 3.8) is 0 Å². The highest BCUT2D eigenvalue weighted by Gasteiger charge is 2.42. The third-order valence-corrected chi connectivity index (χ3v) is 4.12. The van der Waals surface area contributed by atoms with Gasteiger partial charge in [0.1, 0.15) is 0 Å². The maximum absolute atomic E-state index is 6.67. The molecule has 2 unspecified atom stereocenters. The number of hydrogen-bond acceptors (Lipinski definition) is 2. The average molecular weight is 227 g/mol. The molecule has 0 spiro atoms. The van der Waals surface area contributed by atoms with Crippen LogP contribution in [-0.2, 0) is 4.74 Å². The Morgan fingerprint density at radius 3 is 2.56 bits per heavy atom. The van der Waals surface area contributed by atoms with Crippen LogP contribution in [0.3, 0.4) is 0 Å². The Balaban J connectivity index is 2.64. The molecule has 0 amide bonds. The first kappa shape index (κ1) is 14.0. The van der Waals surface area contributed by atoms with Gasteiger partial charge >= 0.3 is 0 Å². The lowest BCUT2D eigenvalue weighted by molar-refractivity contribution is 0.0645. The summed E-state index contributed by atoms with van der Waals surface area (Å²) in [6, 6.07) is 0. The molecule has 0 aliphatic heterocycles. The number of rotatable bonds is 4. The summed E-state index contributed by atoms with van der Waals surface area (Å²) < 4.78 is 5.14. The minimum Gasteiger partial charge on any atom is -0.385 e. The third kappa shape index (κ3) is 3.46. The molecule has 0 heterocycles. The van der Waals surface area contributed by atoms with Gasteiger partial charge in [-0.1, -0.05) is 33.6 Å². The smallest absolute Gasteiger partial charge is 0.0462 e. The van der Waals surface area contributed by atoms with Gasteiger partial charge in [-0.3, -0.25) is 0 Å². The van der Waals surface area contributed by atoms with Gasteiger partial charge < -0.3 is 10.5 Å². The molecular formula is C14H29NO. The second-order valence-corrected chi connectivity index (χ2v) is 6.49. The summed E-state index contributed by atoms with van der Waals surface area (Å²) >= 11 is 0. The summed E-state index contributed by atoms with van der Waals surface area (Å²) in [7, 11) is 1.77. The lowest BCUT2D eigenvalue weighted by Crippen LogP contribution is -2.53. The zero-order chi connectivity index (χ0) is 12.2. The van der Waals surface area contributed by atoms with Gasteiger partial charge in [0.05, 0.1) is 0 Å². The highest BCUT2D eigenvalue weighted by Crippen LogP contribution is 2.44. The molecule has 2 heteroatoms. The molecule has 1 saturated carbocycles. The number of hydrogen-bond donors (Lipinski definition) is 1. The highest BCUT2D eigenvalue weighted by molar-refractivity contribution is 4.98. The number of nitrogens with two attached hydrogens (primary N) is 1. The van der Waals surface area contributed by atoms with Crippen molar-refractivity contribution < 1.29 is 4.74 Å². The van der Waals surface area contributed by atoms with Crippen molar-refractivity contribution in [2.75, 3.05) is 13.7 Å². The Morgan fingerprint density at radius 1 is 1.31 bits per heavy atom. The SMILES string of the molecule is COCCCC1(N)CCCCC1C(C)(C)C. The van der Waals surface area contributed by atoms with Gasteiger partial charge in [0.2, 0.25) is 0 Å². The van der Waals surface area contributed by atoms with Crippen molar-refractivity contribution in [3.8, 4) is 0 Å². The molecule has 2 nitrogen and oxygen atoms in total. The lowest BCUT2D eigenvalue weighted by Gasteiger charge is -2.48. The van der Waals surface area contributed by atoms with Crippen molar-refractivity contribution in [2.24, 2.45) is 17.1 Å². The summed E-state index contributed by atoms with van der Waals surface area (Å²) in [5, 5.41) is 0. The van der Waals surface area contributed by atoms with Gasteiger partial charge in [-0.05, 0) is 37.0 Å². The van der Waals surface area contributed by atoms with E-state index in [4.69, 9.17) is 10.5 Å². The maximum Gasteiger partial charge on any atom is 0.0462 e. The van der Waals surface area contributed by atoms with Crippen molar-refractivity contribution >= 4 is 0 Å². The third-order valence-electron chi connectivity index (χ3n) is 4.12. The van der Waals surface area contributed by atoms with E-state index in [0.717, 1.165) is 19.4 Å². The van der Waals surface area contributed by atoms with Crippen LogP contribution in [0.25, 0.3) is 0 Å². The van der Waals surface area contributed by atoms with Crippen molar-refractivity contribution in [1.29, 1.82) is 0 Å². The molecule has 0 aromatic heterocycles. The highest BCUT2D eigenvalue weighted by atomic mass is 16.5. The summed E-state index contributed by atoms with van der Waals surface area (Å²) in [5.41, 5.74) is 7.06. The number of methoxy groups -OCH3 is 1. The Bertz CT molecular complexity index is 209. The van der Waals surface area contributed by atoms with Gasteiger partial charge in [-0.2, -0.15) is 0 Å². The van der Waals surface area contributed by atoms with Crippen LogP contribution < -0.4 is 5.73 Å². The molecule has 1 aliphatic carbocycles. The summed E-state index contributed by atoms with van der Waals surface area (Å²) in [6.45, 7) is 7.85. The van der Waals surface area contributed by atoms with E-state index in [-0.39, 0.29) is 5.54 Å². The van der Waals surface area contributed by atoms with Gasteiger partial charge in [-0.25, -0.2) is 0 Å². The second-order valence-electron chi connectivity index (χ2n) is 6.49. The van der Waals surface area contributed by atoms with E-state index in [9.17, 15) is 0 Å². The van der Waals surface area contributed by atoms with Crippen LogP contribution in [0.15, 0.2) is 0 Å². The van der Waals surface area contributed by atoms with E-state index in [1.165, 1.54) is 25.7 Å². The topological polar surface area (TPSA) is 35.2 Å². The maximum atomic E-state index is 6.67. The minimum atomic E-state index is 0.0506. The van der Waals surface area contributed by atoms with Crippen LogP contribution in [0.4, 0.5) is 0 Å². The second kappa shape index (κ2) is 5.50. The van der Waals surface area contributed by atoms with E-state index in [1.54, 1.807) is 7.11 Å². The molecule has 0 radical (unpaired) electrons. The lowest BCUT2D eigenvalue weighted by atomic mass is 9.61. The van der Waals surface area contributed by atoms with Crippen molar-refractivity contribution in [1.82, 2.24) is 0 Å².